The van der Waals surface area contributed by atoms with Gasteiger partial charge < -0.3 is 0 Å². The zero-order valence-electron chi connectivity index (χ0n) is 12.0. The number of ketones is 2. The van der Waals surface area contributed by atoms with Crippen LogP contribution in [0.25, 0.3) is 0 Å². The van der Waals surface area contributed by atoms with Gasteiger partial charge in [0.25, 0.3) is 0 Å². The first-order chi connectivity index (χ1) is 9.39. The van der Waals surface area contributed by atoms with E-state index in [1.54, 1.807) is 36.4 Å². The van der Waals surface area contributed by atoms with E-state index in [1.165, 1.54) is 5.19 Å². The fourth-order valence-corrected chi connectivity index (χ4v) is 3.14. The first-order valence-corrected chi connectivity index (χ1v) is 10.1. The van der Waals surface area contributed by atoms with Crippen molar-refractivity contribution in [1.29, 1.82) is 0 Å². The Labute approximate surface area is 120 Å². The Balaban J connectivity index is 2.24. The quantitative estimate of drug-likeness (QED) is 0.490. The second-order valence-electron chi connectivity index (χ2n) is 5.85. The van der Waals surface area contributed by atoms with Gasteiger partial charge in [-0.05, 0) is 0 Å². The van der Waals surface area contributed by atoms with E-state index < -0.39 is 19.6 Å². The molecule has 0 saturated carbocycles. The van der Waals surface area contributed by atoms with Crippen molar-refractivity contribution < 1.29 is 9.59 Å². The van der Waals surface area contributed by atoms with Gasteiger partial charge in [0.2, 0.25) is 11.6 Å². The third-order valence-corrected chi connectivity index (χ3v) is 5.32. The summed E-state index contributed by atoms with van der Waals surface area (Å²) < 4.78 is 0. The zero-order chi connectivity index (χ0) is 14.8. The van der Waals surface area contributed by atoms with Crippen LogP contribution in [0, 0.1) is 0 Å². The maximum Gasteiger partial charge on any atom is 0.233 e. The van der Waals surface area contributed by atoms with E-state index in [9.17, 15) is 9.59 Å². The molecule has 2 aromatic rings. The number of hydrogen-bond donors (Lipinski definition) is 0. The summed E-state index contributed by atoms with van der Waals surface area (Å²) in [7, 11) is -1.38. The third-order valence-electron chi connectivity index (χ3n) is 3.26. The average molecular weight is 282 g/mol. The van der Waals surface area contributed by atoms with Crippen LogP contribution in [-0.4, -0.2) is 19.6 Å². The molecule has 0 aliphatic carbocycles. The van der Waals surface area contributed by atoms with Crippen LogP contribution >= 0.6 is 0 Å². The highest BCUT2D eigenvalue weighted by Crippen LogP contribution is 2.09. The van der Waals surface area contributed by atoms with Crippen LogP contribution in [-0.2, 0) is 0 Å². The average Bonchev–Trinajstić information content (AvgIpc) is 2.46. The molecule has 0 atom stereocenters. The first-order valence-electron chi connectivity index (χ1n) is 6.64. The van der Waals surface area contributed by atoms with Crippen LogP contribution in [0.4, 0.5) is 0 Å². The zero-order valence-corrected chi connectivity index (χ0v) is 13.0. The Morgan fingerprint density at radius 2 is 1.15 bits per heavy atom. The summed E-state index contributed by atoms with van der Waals surface area (Å²) in [4.78, 5) is 24.3. The van der Waals surface area contributed by atoms with Crippen molar-refractivity contribution in [2.24, 2.45) is 0 Å². The summed E-state index contributed by atoms with van der Waals surface area (Å²) >= 11 is 0. The lowest BCUT2D eigenvalue weighted by atomic mass is 10.0. The van der Waals surface area contributed by atoms with E-state index in [2.05, 4.69) is 19.6 Å². The van der Waals surface area contributed by atoms with Crippen LogP contribution < -0.4 is 5.19 Å². The number of benzene rings is 2. The van der Waals surface area contributed by atoms with Crippen LogP contribution in [0.5, 0.6) is 0 Å². The smallest absolute Gasteiger partial charge is 0.233 e. The van der Waals surface area contributed by atoms with E-state index in [0.717, 1.165) is 0 Å². The number of rotatable bonds is 4. The highest BCUT2D eigenvalue weighted by molar-refractivity contribution is 6.88. The van der Waals surface area contributed by atoms with Crippen molar-refractivity contribution in [2.75, 3.05) is 0 Å². The molecular formula is C17H18O2Si. The monoisotopic (exact) mass is 282 g/mol. The predicted octanol–water partition coefficient (Wildman–Crippen LogP) is 3.30. The fraction of sp³-hybridized carbons (Fsp3) is 0.176. The SMILES string of the molecule is C[Si](C)(C)c1ccc(C(=O)C(=O)c2ccccc2)cc1. The fourth-order valence-electron chi connectivity index (χ4n) is 1.97. The molecule has 0 heterocycles. The van der Waals surface area contributed by atoms with E-state index in [0.29, 0.717) is 11.1 Å². The second kappa shape index (κ2) is 5.55. The Hall–Kier alpha value is -2.00. The van der Waals surface area contributed by atoms with Crippen LogP contribution in [0.15, 0.2) is 54.6 Å². The van der Waals surface area contributed by atoms with Gasteiger partial charge in [0.1, 0.15) is 0 Å². The molecule has 102 valence electrons. The lowest BCUT2D eigenvalue weighted by Gasteiger charge is -2.16. The van der Waals surface area contributed by atoms with E-state index in [-0.39, 0.29) is 0 Å². The highest BCUT2D eigenvalue weighted by Gasteiger charge is 2.20. The molecule has 0 amide bonds. The molecule has 0 fully saturated rings. The molecule has 20 heavy (non-hydrogen) atoms. The summed E-state index contributed by atoms with van der Waals surface area (Å²) in [6.07, 6.45) is 0. The third kappa shape index (κ3) is 3.11. The van der Waals surface area contributed by atoms with Gasteiger partial charge in [-0.3, -0.25) is 9.59 Å². The maximum atomic E-state index is 12.2. The Morgan fingerprint density at radius 3 is 1.60 bits per heavy atom. The van der Waals surface area contributed by atoms with Crippen molar-refractivity contribution in [3.63, 3.8) is 0 Å². The van der Waals surface area contributed by atoms with Crippen molar-refractivity contribution in [1.82, 2.24) is 0 Å². The summed E-state index contributed by atoms with van der Waals surface area (Å²) in [5, 5.41) is 1.28. The number of hydrogen-bond acceptors (Lipinski definition) is 2. The second-order valence-corrected chi connectivity index (χ2v) is 10.9. The van der Waals surface area contributed by atoms with Crippen LogP contribution in [0.2, 0.25) is 19.6 Å². The normalized spacial score (nSPS) is 11.2. The molecule has 0 N–H and O–H groups in total. The number of carbonyl (C=O) groups excluding carboxylic acids is 2. The van der Waals surface area contributed by atoms with Gasteiger partial charge in [-0.25, -0.2) is 0 Å². The number of Topliss-reactive ketones (excluding diaryl/α,β-unsaturated/α-hetero) is 2. The molecule has 2 rings (SSSR count). The van der Waals surface area contributed by atoms with Gasteiger partial charge in [-0.1, -0.05) is 79.4 Å². The maximum absolute atomic E-state index is 12.2. The van der Waals surface area contributed by atoms with Crippen LogP contribution in [0.3, 0.4) is 0 Å². The largest absolute Gasteiger partial charge is 0.285 e. The van der Waals surface area contributed by atoms with Gasteiger partial charge in [0, 0.05) is 11.1 Å². The highest BCUT2D eigenvalue weighted by atomic mass is 28.3. The minimum atomic E-state index is -1.38. The molecular weight excluding hydrogens is 264 g/mol. The molecule has 0 spiro atoms. The van der Waals surface area contributed by atoms with Gasteiger partial charge in [0.05, 0.1) is 8.07 Å². The number of carbonyl (C=O) groups is 2. The van der Waals surface area contributed by atoms with Crippen molar-refractivity contribution in [2.45, 2.75) is 19.6 Å². The summed E-state index contributed by atoms with van der Waals surface area (Å²) in [5.74, 6) is -0.898. The summed E-state index contributed by atoms with van der Waals surface area (Å²) in [6.45, 7) is 6.75. The molecule has 0 saturated heterocycles. The van der Waals surface area contributed by atoms with E-state index in [4.69, 9.17) is 0 Å². The minimum Gasteiger partial charge on any atom is -0.285 e. The molecule has 0 unspecified atom stereocenters. The molecule has 2 nitrogen and oxygen atoms in total. The van der Waals surface area contributed by atoms with Crippen LogP contribution in [0.1, 0.15) is 20.7 Å². The summed E-state index contributed by atoms with van der Waals surface area (Å²) in [6, 6.07) is 16.1. The summed E-state index contributed by atoms with van der Waals surface area (Å²) in [5.41, 5.74) is 0.896. The molecule has 2 aromatic carbocycles. The topological polar surface area (TPSA) is 34.1 Å². The molecule has 0 radical (unpaired) electrons. The van der Waals surface area contributed by atoms with Gasteiger partial charge in [-0.2, -0.15) is 0 Å². The molecule has 0 aliphatic heterocycles. The molecule has 0 bridgehead atoms. The van der Waals surface area contributed by atoms with Crippen molar-refractivity contribution in [3.8, 4) is 0 Å². The van der Waals surface area contributed by atoms with Crippen molar-refractivity contribution >= 4 is 24.8 Å². The van der Waals surface area contributed by atoms with E-state index in [1.807, 2.05) is 18.2 Å². The standard InChI is InChI=1S/C17H18O2Si/c1-20(2,3)15-11-9-14(10-12-15)17(19)16(18)13-7-5-4-6-8-13/h4-12H,1-3H3. The first kappa shape index (κ1) is 14.4. The molecule has 0 aliphatic rings. The molecule has 0 aromatic heterocycles. The Kier molecular flexibility index (Phi) is 4.00. The van der Waals surface area contributed by atoms with Gasteiger partial charge in [0.15, 0.2) is 0 Å². The Morgan fingerprint density at radius 1 is 0.700 bits per heavy atom. The van der Waals surface area contributed by atoms with Crippen molar-refractivity contribution in [3.05, 3.63) is 65.7 Å². The Bertz CT molecular complexity index is 622. The van der Waals surface area contributed by atoms with Gasteiger partial charge >= 0.3 is 0 Å². The molecule has 3 heteroatoms. The minimum absolute atomic E-state index is 0.437. The predicted molar refractivity (Wildman–Crippen MR) is 84.5 cm³/mol. The lowest BCUT2D eigenvalue weighted by Crippen LogP contribution is -2.37. The lowest BCUT2D eigenvalue weighted by molar-refractivity contribution is 0.0817. The van der Waals surface area contributed by atoms with Gasteiger partial charge in [-0.15, -0.1) is 0 Å². The van der Waals surface area contributed by atoms with E-state index >= 15 is 0 Å².